The SMILES string of the molecule is CCC[CH2][Sn]. The molecule has 0 aliphatic rings. The molecule has 0 amide bonds. The van der Waals surface area contributed by atoms with Crippen molar-refractivity contribution in [2.45, 2.75) is 24.2 Å². The summed E-state index contributed by atoms with van der Waals surface area (Å²) in [4.78, 5) is 0. The predicted octanol–water partition coefficient (Wildman–Crippen LogP) is 1.37. The summed E-state index contributed by atoms with van der Waals surface area (Å²) in [7, 11) is 0. The maximum absolute atomic E-state index is 2.23. The first-order chi connectivity index (χ1) is 2.41. The quantitative estimate of drug-likeness (QED) is 0.557. The van der Waals surface area contributed by atoms with Crippen molar-refractivity contribution in [3.63, 3.8) is 0 Å². The normalized spacial score (nSPS) is 8.40. The van der Waals surface area contributed by atoms with E-state index < -0.39 is 0 Å². The van der Waals surface area contributed by atoms with E-state index >= 15 is 0 Å². The van der Waals surface area contributed by atoms with Crippen LogP contribution in [0.3, 0.4) is 0 Å². The van der Waals surface area contributed by atoms with Gasteiger partial charge >= 0.3 is 46.7 Å². The van der Waals surface area contributed by atoms with Crippen LogP contribution in [0.1, 0.15) is 19.8 Å². The molecule has 5 heavy (non-hydrogen) atoms. The molecule has 0 saturated heterocycles. The Kier molecular flexibility index (Phi) is 5.57. The Bertz CT molecular complexity index is 11.1. The molecule has 1 heteroatoms. The molecule has 0 saturated carbocycles. The third kappa shape index (κ3) is 4.80. The van der Waals surface area contributed by atoms with Gasteiger partial charge in [-0.25, -0.2) is 0 Å². The van der Waals surface area contributed by atoms with Crippen molar-refractivity contribution < 1.29 is 0 Å². The molecule has 0 aromatic rings. The van der Waals surface area contributed by atoms with Crippen LogP contribution >= 0.6 is 0 Å². The van der Waals surface area contributed by atoms with Crippen molar-refractivity contribution in [2.24, 2.45) is 0 Å². The van der Waals surface area contributed by atoms with Gasteiger partial charge in [-0.2, -0.15) is 0 Å². The van der Waals surface area contributed by atoms with Gasteiger partial charge < -0.3 is 0 Å². The molecular formula is C4H9Sn. The van der Waals surface area contributed by atoms with Gasteiger partial charge in [-0.1, -0.05) is 0 Å². The predicted molar refractivity (Wildman–Crippen MR) is 25.5 cm³/mol. The van der Waals surface area contributed by atoms with Gasteiger partial charge in [-0.15, -0.1) is 0 Å². The van der Waals surface area contributed by atoms with E-state index in [9.17, 15) is 0 Å². The van der Waals surface area contributed by atoms with Crippen molar-refractivity contribution in [1.29, 1.82) is 0 Å². The Morgan fingerprint density at radius 2 is 2.20 bits per heavy atom. The van der Waals surface area contributed by atoms with E-state index in [1.807, 2.05) is 0 Å². The van der Waals surface area contributed by atoms with Crippen LogP contribution in [0, 0.1) is 0 Å². The first-order valence-electron chi connectivity index (χ1n) is 2.06. The summed E-state index contributed by atoms with van der Waals surface area (Å²) in [6, 6.07) is 0. The van der Waals surface area contributed by atoms with Crippen molar-refractivity contribution in [1.82, 2.24) is 0 Å². The van der Waals surface area contributed by atoms with E-state index in [4.69, 9.17) is 0 Å². The van der Waals surface area contributed by atoms with Gasteiger partial charge in [0.1, 0.15) is 0 Å². The Morgan fingerprint density at radius 3 is 2.20 bits per heavy atom. The summed E-state index contributed by atoms with van der Waals surface area (Å²) in [6.07, 6.45) is 2.80. The van der Waals surface area contributed by atoms with E-state index in [-0.39, 0.29) is 0 Å². The van der Waals surface area contributed by atoms with Gasteiger partial charge in [0, 0.05) is 0 Å². The molecule has 0 heterocycles. The minimum absolute atomic E-state index is 1.37. The van der Waals surface area contributed by atoms with E-state index in [0.717, 1.165) is 0 Å². The van der Waals surface area contributed by atoms with Crippen LogP contribution in [-0.4, -0.2) is 22.5 Å². The number of rotatable bonds is 2. The molecule has 29 valence electrons. The maximum atomic E-state index is 2.23. The van der Waals surface area contributed by atoms with Crippen LogP contribution < -0.4 is 0 Å². The Hall–Kier alpha value is 0.799. The van der Waals surface area contributed by atoms with Crippen LogP contribution in [0.5, 0.6) is 0 Å². The van der Waals surface area contributed by atoms with Gasteiger partial charge in [0.25, 0.3) is 0 Å². The second-order valence-corrected chi connectivity index (χ2v) is 2.53. The van der Waals surface area contributed by atoms with E-state index in [2.05, 4.69) is 6.92 Å². The second kappa shape index (κ2) is 4.80. The zero-order valence-electron chi connectivity index (χ0n) is 3.62. The topological polar surface area (TPSA) is 0 Å². The first-order valence-corrected chi connectivity index (χ1v) is 4.08. The van der Waals surface area contributed by atoms with Crippen molar-refractivity contribution in [3.05, 3.63) is 0 Å². The van der Waals surface area contributed by atoms with Gasteiger partial charge in [0.05, 0.1) is 0 Å². The third-order valence-corrected chi connectivity index (χ3v) is 1.54. The average molecular weight is 176 g/mol. The fourth-order valence-electron chi connectivity index (χ4n) is 0.177. The minimum atomic E-state index is 1.37. The summed E-state index contributed by atoms with van der Waals surface area (Å²) in [5.74, 6) is 0. The number of hydrogen-bond donors (Lipinski definition) is 0. The molecule has 0 rings (SSSR count). The van der Waals surface area contributed by atoms with Crippen LogP contribution in [0.4, 0.5) is 0 Å². The molecule has 0 aromatic carbocycles. The fraction of sp³-hybridized carbons (Fsp3) is 1.00. The molecule has 0 aromatic heterocycles. The van der Waals surface area contributed by atoms with E-state index in [1.54, 1.807) is 22.5 Å². The molecule has 0 aliphatic heterocycles. The molecular weight excluding hydrogens is 167 g/mol. The van der Waals surface area contributed by atoms with Crippen molar-refractivity contribution >= 4 is 22.5 Å². The van der Waals surface area contributed by atoms with Crippen molar-refractivity contribution in [3.8, 4) is 0 Å². The molecule has 0 nitrogen and oxygen atoms in total. The average Bonchev–Trinajstić information content (AvgIpc) is 1.41. The van der Waals surface area contributed by atoms with Crippen LogP contribution in [0.15, 0.2) is 0 Å². The summed E-state index contributed by atoms with van der Waals surface area (Å²) in [5.41, 5.74) is 0. The van der Waals surface area contributed by atoms with Gasteiger partial charge in [0.2, 0.25) is 0 Å². The summed E-state index contributed by atoms with van der Waals surface area (Å²) < 4.78 is 1.43. The standard InChI is InChI=1S/C4H9.Sn/c1-3-4-2;/h1,3-4H2,2H3;. The fourth-order valence-corrected chi connectivity index (χ4v) is 1.19. The number of unbranched alkanes of at least 4 members (excludes halogenated alkanes) is 1. The Balaban J connectivity index is 2.19. The van der Waals surface area contributed by atoms with Gasteiger partial charge in [-0.05, 0) is 0 Å². The number of hydrogen-bond acceptors (Lipinski definition) is 0. The molecule has 0 aliphatic carbocycles. The molecule has 0 bridgehead atoms. The van der Waals surface area contributed by atoms with E-state index in [1.165, 1.54) is 17.3 Å². The zero-order valence-corrected chi connectivity index (χ0v) is 6.48. The van der Waals surface area contributed by atoms with E-state index in [0.29, 0.717) is 0 Å². The van der Waals surface area contributed by atoms with Gasteiger partial charge in [-0.3, -0.25) is 0 Å². The molecule has 0 fully saturated rings. The second-order valence-electron chi connectivity index (χ2n) is 1.10. The molecule has 0 unspecified atom stereocenters. The molecule has 0 N–H and O–H groups in total. The monoisotopic (exact) mass is 177 g/mol. The summed E-state index contributed by atoms with van der Waals surface area (Å²) in [6.45, 7) is 2.23. The van der Waals surface area contributed by atoms with Crippen LogP contribution in [-0.2, 0) is 0 Å². The van der Waals surface area contributed by atoms with Crippen LogP contribution in [0.25, 0.3) is 0 Å². The van der Waals surface area contributed by atoms with Crippen LogP contribution in [0.2, 0.25) is 4.44 Å². The zero-order chi connectivity index (χ0) is 4.12. The summed E-state index contributed by atoms with van der Waals surface area (Å²) >= 11 is 1.68. The molecule has 3 radical (unpaired) electrons. The van der Waals surface area contributed by atoms with Gasteiger partial charge in [0.15, 0.2) is 0 Å². The Labute approximate surface area is 47.0 Å². The first kappa shape index (κ1) is 5.80. The Morgan fingerprint density at radius 1 is 1.60 bits per heavy atom. The summed E-state index contributed by atoms with van der Waals surface area (Å²) in [5, 5.41) is 0. The third-order valence-electron chi connectivity index (χ3n) is 0.530. The van der Waals surface area contributed by atoms with Crippen molar-refractivity contribution in [2.75, 3.05) is 0 Å². The molecule has 0 spiro atoms. The molecule has 0 atom stereocenters.